The first-order chi connectivity index (χ1) is 11.6. The summed E-state index contributed by atoms with van der Waals surface area (Å²) < 4.78 is 0. The standard InChI is InChI=1S/C21H42N2O/c1-5-21(24)23(4)20-18-16-14-12-10-8-6-7-9-11-13-15-17-19-22(2)3/h5H,1,6-20H2,2-4H3. The molecule has 0 spiro atoms. The maximum atomic E-state index is 11.3. The second-order valence-electron chi connectivity index (χ2n) is 7.36. The number of nitrogens with zero attached hydrogens (tertiary/aromatic N) is 2. The molecule has 0 radical (unpaired) electrons. The van der Waals surface area contributed by atoms with Gasteiger partial charge in [0.05, 0.1) is 0 Å². The van der Waals surface area contributed by atoms with E-state index in [0.29, 0.717) is 0 Å². The maximum absolute atomic E-state index is 11.3. The zero-order chi connectivity index (χ0) is 18.0. The highest BCUT2D eigenvalue weighted by molar-refractivity contribution is 5.86. The minimum atomic E-state index is 0.0349. The molecule has 0 bridgehead atoms. The third kappa shape index (κ3) is 16.0. The van der Waals surface area contributed by atoms with Crippen LogP contribution in [-0.2, 0) is 4.79 Å². The number of hydrogen-bond acceptors (Lipinski definition) is 2. The quantitative estimate of drug-likeness (QED) is 0.267. The third-order valence-electron chi connectivity index (χ3n) is 4.65. The van der Waals surface area contributed by atoms with Gasteiger partial charge in [0.2, 0.25) is 5.91 Å². The van der Waals surface area contributed by atoms with E-state index in [1.165, 1.54) is 89.7 Å². The van der Waals surface area contributed by atoms with Crippen LogP contribution in [0.25, 0.3) is 0 Å². The fraction of sp³-hybridized carbons (Fsp3) is 0.857. The molecule has 3 nitrogen and oxygen atoms in total. The summed E-state index contributed by atoms with van der Waals surface area (Å²) in [7, 11) is 6.16. The monoisotopic (exact) mass is 338 g/mol. The topological polar surface area (TPSA) is 23.6 Å². The van der Waals surface area contributed by atoms with Crippen molar-refractivity contribution in [2.45, 2.75) is 83.5 Å². The van der Waals surface area contributed by atoms with Crippen LogP contribution in [0.3, 0.4) is 0 Å². The molecule has 0 heterocycles. The molecule has 1 amide bonds. The Morgan fingerprint density at radius 1 is 0.667 bits per heavy atom. The van der Waals surface area contributed by atoms with E-state index in [2.05, 4.69) is 25.6 Å². The smallest absolute Gasteiger partial charge is 0.245 e. The number of unbranched alkanes of at least 4 members (excludes halogenated alkanes) is 12. The molecular weight excluding hydrogens is 296 g/mol. The number of rotatable bonds is 17. The zero-order valence-electron chi connectivity index (χ0n) is 16.7. The largest absolute Gasteiger partial charge is 0.342 e. The van der Waals surface area contributed by atoms with Gasteiger partial charge in [0, 0.05) is 13.6 Å². The van der Waals surface area contributed by atoms with Gasteiger partial charge in [-0.25, -0.2) is 0 Å². The lowest BCUT2D eigenvalue weighted by Crippen LogP contribution is -2.25. The van der Waals surface area contributed by atoms with Crippen LogP contribution in [0.1, 0.15) is 83.5 Å². The van der Waals surface area contributed by atoms with Crippen molar-refractivity contribution < 1.29 is 4.79 Å². The van der Waals surface area contributed by atoms with Crippen LogP contribution >= 0.6 is 0 Å². The van der Waals surface area contributed by atoms with E-state index in [4.69, 9.17) is 0 Å². The Hall–Kier alpha value is -0.830. The Balaban J connectivity index is 3.13. The van der Waals surface area contributed by atoms with Crippen LogP contribution in [0.4, 0.5) is 0 Å². The van der Waals surface area contributed by atoms with Gasteiger partial charge in [-0.15, -0.1) is 0 Å². The van der Waals surface area contributed by atoms with E-state index < -0.39 is 0 Å². The molecule has 0 aromatic heterocycles. The maximum Gasteiger partial charge on any atom is 0.245 e. The highest BCUT2D eigenvalue weighted by Crippen LogP contribution is 2.12. The molecule has 0 aliphatic heterocycles. The van der Waals surface area contributed by atoms with E-state index in [9.17, 15) is 4.79 Å². The Morgan fingerprint density at radius 3 is 1.33 bits per heavy atom. The minimum absolute atomic E-state index is 0.0349. The first-order valence-electron chi connectivity index (χ1n) is 10.1. The number of carbonyl (C=O) groups excluding carboxylic acids is 1. The van der Waals surface area contributed by atoms with Crippen molar-refractivity contribution in [1.29, 1.82) is 0 Å². The predicted octanol–water partition coefficient (Wildman–Crippen LogP) is 5.26. The van der Waals surface area contributed by atoms with Gasteiger partial charge in [-0.1, -0.05) is 77.2 Å². The molecule has 0 aromatic carbocycles. The van der Waals surface area contributed by atoms with Crippen LogP contribution in [0.2, 0.25) is 0 Å². The Kier molecular flexibility index (Phi) is 16.4. The lowest BCUT2D eigenvalue weighted by atomic mass is 10.0. The average Bonchev–Trinajstić information content (AvgIpc) is 2.57. The van der Waals surface area contributed by atoms with Gasteiger partial charge >= 0.3 is 0 Å². The number of likely N-dealkylation sites (N-methyl/N-ethyl adjacent to an activating group) is 1. The lowest BCUT2D eigenvalue weighted by molar-refractivity contribution is -0.124. The van der Waals surface area contributed by atoms with Crippen LogP contribution in [0.15, 0.2) is 12.7 Å². The highest BCUT2D eigenvalue weighted by Gasteiger charge is 2.02. The summed E-state index contributed by atoms with van der Waals surface area (Å²) in [6.07, 6.45) is 19.0. The number of amides is 1. The van der Waals surface area contributed by atoms with Crippen molar-refractivity contribution in [3.63, 3.8) is 0 Å². The van der Waals surface area contributed by atoms with Crippen LogP contribution in [0.5, 0.6) is 0 Å². The average molecular weight is 339 g/mol. The van der Waals surface area contributed by atoms with Crippen LogP contribution in [0, 0.1) is 0 Å². The molecular formula is C21H42N2O. The molecule has 142 valence electrons. The second-order valence-corrected chi connectivity index (χ2v) is 7.36. The number of hydrogen-bond donors (Lipinski definition) is 0. The molecule has 3 heteroatoms. The molecule has 0 rings (SSSR count). The molecule has 0 unspecified atom stereocenters. The van der Waals surface area contributed by atoms with Crippen molar-refractivity contribution >= 4 is 5.91 Å². The first kappa shape index (κ1) is 23.2. The Bertz CT molecular complexity index is 302. The van der Waals surface area contributed by atoms with Gasteiger partial charge in [0.1, 0.15) is 0 Å². The summed E-state index contributed by atoms with van der Waals surface area (Å²) in [6.45, 7) is 5.61. The van der Waals surface area contributed by atoms with Crippen LogP contribution < -0.4 is 0 Å². The molecule has 0 saturated heterocycles. The van der Waals surface area contributed by atoms with Crippen molar-refractivity contribution in [2.24, 2.45) is 0 Å². The zero-order valence-corrected chi connectivity index (χ0v) is 16.7. The molecule has 0 atom stereocenters. The van der Waals surface area contributed by atoms with Crippen molar-refractivity contribution in [1.82, 2.24) is 9.80 Å². The van der Waals surface area contributed by atoms with Gasteiger partial charge < -0.3 is 9.80 Å². The molecule has 0 saturated carbocycles. The summed E-state index contributed by atoms with van der Waals surface area (Å²) in [4.78, 5) is 15.3. The summed E-state index contributed by atoms with van der Waals surface area (Å²) >= 11 is 0. The Labute approximate surface area is 151 Å². The first-order valence-corrected chi connectivity index (χ1v) is 10.1. The normalized spacial score (nSPS) is 11.0. The van der Waals surface area contributed by atoms with E-state index in [1.54, 1.807) is 4.90 Å². The SMILES string of the molecule is C=CC(=O)N(C)CCCCCCCCCCCCCCCN(C)C. The lowest BCUT2D eigenvalue weighted by Gasteiger charge is -2.14. The summed E-state index contributed by atoms with van der Waals surface area (Å²) in [5, 5.41) is 0. The van der Waals surface area contributed by atoms with E-state index in [1.807, 2.05) is 7.05 Å². The van der Waals surface area contributed by atoms with E-state index in [-0.39, 0.29) is 5.91 Å². The highest BCUT2D eigenvalue weighted by atomic mass is 16.2. The predicted molar refractivity (Wildman–Crippen MR) is 106 cm³/mol. The molecule has 0 fully saturated rings. The van der Waals surface area contributed by atoms with Gasteiger partial charge in [0.15, 0.2) is 0 Å². The fourth-order valence-corrected chi connectivity index (χ4v) is 2.99. The molecule has 0 N–H and O–H groups in total. The summed E-state index contributed by atoms with van der Waals surface area (Å²) in [5.41, 5.74) is 0. The van der Waals surface area contributed by atoms with E-state index in [0.717, 1.165) is 13.0 Å². The van der Waals surface area contributed by atoms with Crippen molar-refractivity contribution in [3.8, 4) is 0 Å². The minimum Gasteiger partial charge on any atom is -0.342 e. The molecule has 0 aliphatic carbocycles. The van der Waals surface area contributed by atoms with Gasteiger partial charge in [-0.2, -0.15) is 0 Å². The van der Waals surface area contributed by atoms with Crippen LogP contribution in [-0.4, -0.2) is 49.9 Å². The van der Waals surface area contributed by atoms with E-state index >= 15 is 0 Å². The molecule has 0 aliphatic rings. The summed E-state index contributed by atoms with van der Waals surface area (Å²) in [6, 6.07) is 0. The number of carbonyl (C=O) groups is 1. The second kappa shape index (κ2) is 17.0. The molecule has 24 heavy (non-hydrogen) atoms. The van der Waals surface area contributed by atoms with Gasteiger partial charge in [0.25, 0.3) is 0 Å². The third-order valence-corrected chi connectivity index (χ3v) is 4.65. The van der Waals surface area contributed by atoms with Gasteiger partial charge in [-0.05, 0) is 39.6 Å². The van der Waals surface area contributed by atoms with Gasteiger partial charge in [-0.3, -0.25) is 4.79 Å². The van der Waals surface area contributed by atoms with Crippen molar-refractivity contribution in [2.75, 3.05) is 34.2 Å². The molecule has 0 aromatic rings. The Morgan fingerprint density at radius 2 is 1.00 bits per heavy atom. The fourth-order valence-electron chi connectivity index (χ4n) is 2.99. The van der Waals surface area contributed by atoms with Crippen molar-refractivity contribution in [3.05, 3.63) is 12.7 Å². The summed E-state index contributed by atoms with van der Waals surface area (Å²) in [5.74, 6) is 0.0349.